The van der Waals surface area contributed by atoms with E-state index in [4.69, 9.17) is 24.4 Å². The SMILES string of the molecule is c1ccc(-c2nc(-c3ccccc3)nc(-c3cccc4oc5c(-c6ccc7ccc8ccccc8c7n6)cccc5c34)n2)cc1. The van der Waals surface area contributed by atoms with Gasteiger partial charge in [0.15, 0.2) is 17.5 Å². The predicted octanol–water partition coefficient (Wildman–Crippen LogP) is 10.1. The third-order valence-electron chi connectivity index (χ3n) is 8.32. The monoisotopic (exact) mass is 576 g/mol. The van der Waals surface area contributed by atoms with Crippen LogP contribution in [0.4, 0.5) is 0 Å². The van der Waals surface area contributed by atoms with Crippen LogP contribution >= 0.6 is 0 Å². The number of para-hydroxylation sites is 1. The van der Waals surface area contributed by atoms with Crippen molar-refractivity contribution in [3.05, 3.63) is 146 Å². The highest BCUT2D eigenvalue weighted by molar-refractivity contribution is 6.15. The molecule has 0 saturated carbocycles. The Morgan fingerprint density at radius 2 is 1.00 bits per heavy atom. The predicted molar refractivity (Wildman–Crippen MR) is 182 cm³/mol. The van der Waals surface area contributed by atoms with E-state index < -0.39 is 0 Å². The maximum Gasteiger partial charge on any atom is 0.164 e. The van der Waals surface area contributed by atoms with Gasteiger partial charge < -0.3 is 4.42 Å². The van der Waals surface area contributed by atoms with E-state index in [0.717, 1.165) is 66.2 Å². The van der Waals surface area contributed by atoms with Gasteiger partial charge in [-0.2, -0.15) is 0 Å². The normalized spacial score (nSPS) is 11.6. The van der Waals surface area contributed by atoms with Gasteiger partial charge in [-0.15, -0.1) is 0 Å². The first-order valence-electron chi connectivity index (χ1n) is 14.9. The van der Waals surface area contributed by atoms with Crippen LogP contribution in [0.25, 0.3) is 89.0 Å². The molecule has 0 N–H and O–H groups in total. The molecule has 0 aliphatic carbocycles. The molecule has 0 atom stereocenters. The lowest BCUT2D eigenvalue weighted by molar-refractivity contribution is 0.670. The van der Waals surface area contributed by atoms with Crippen LogP contribution < -0.4 is 0 Å². The first-order chi connectivity index (χ1) is 22.3. The van der Waals surface area contributed by atoms with Crippen LogP contribution in [0.3, 0.4) is 0 Å². The first kappa shape index (κ1) is 25.3. The van der Waals surface area contributed by atoms with Crippen LogP contribution in [-0.2, 0) is 0 Å². The van der Waals surface area contributed by atoms with Gasteiger partial charge in [0, 0.05) is 43.8 Å². The third-order valence-corrected chi connectivity index (χ3v) is 8.32. The molecule has 0 bridgehead atoms. The molecule has 9 aromatic rings. The largest absolute Gasteiger partial charge is 0.455 e. The summed E-state index contributed by atoms with van der Waals surface area (Å²) in [6, 6.07) is 49.2. The average molecular weight is 577 g/mol. The lowest BCUT2D eigenvalue weighted by Gasteiger charge is -2.09. The van der Waals surface area contributed by atoms with Crippen molar-refractivity contribution in [1.29, 1.82) is 0 Å². The number of hydrogen-bond donors (Lipinski definition) is 0. The van der Waals surface area contributed by atoms with Gasteiger partial charge in [0.1, 0.15) is 11.2 Å². The number of hydrogen-bond acceptors (Lipinski definition) is 5. The summed E-state index contributed by atoms with van der Waals surface area (Å²) in [6.45, 7) is 0. The Morgan fingerprint density at radius 3 is 1.78 bits per heavy atom. The molecule has 0 saturated heterocycles. The summed E-state index contributed by atoms with van der Waals surface area (Å²) >= 11 is 0. The summed E-state index contributed by atoms with van der Waals surface area (Å²) in [6.07, 6.45) is 0. The summed E-state index contributed by atoms with van der Waals surface area (Å²) in [5.41, 5.74) is 7.08. The molecule has 5 nitrogen and oxygen atoms in total. The fraction of sp³-hybridized carbons (Fsp3) is 0. The van der Waals surface area contributed by atoms with Gasteiger partial charge in [0.25, 0.3) is 0 Å². The number of furan rings is 1. The lowest BCUT2D eigenvalue weighted by Crippen LogP contribution is -2.00. The molecule has 210 valence electrons. The molecular formula is C40H24N4O. The zero-order valence-electron chi connectivity index (χ0n) is 24.1. The highest BCUT2D eigenvalue weighted by Crippen LogP contribution is 2.40. The first-order valence-corrected chi connectivity index (χ1v) is 14.9. The highest BCUT2D eigenvalue weighted by Gasteiger charge is 2.20. The number of benzene rings is 6. The van der Waals surface area contributed by atoms with E-state index in [0.29, 0.717) is 17.5 Å². The minimum Gasteiger partial charge on any atom is -0.455 e. The smallest absolute Gasteiger partial charge is 0.164 e. The Kier molecular flexibility index (Phi) is 5.74. The fourth-order valence-electron chi connectivity index (χ4n) is 6.17. The van der Waals surface area contributed by atoms with Crippen LogP contribution in [-0.4, -0.2) is 19.9 Å². The number of nitrogens with zero attached hydrogens (tertiary/aromatic N) is 4. The van der Waals surface area contributed by atoms with Crippen LogP contribution in [0.5, 0.6) is 0 Å². The molecule has 3 aromatic heterocycles. The molecule has 6 aromatic carbocycles. The molecule has 45 heavy (non-hydrogen) atoms. The molecule has 0 unspecified atom stereocenters. The molecule has 3 heterocycles. The molecule has 0 fully saturated rings. The quantitative estimate of drug-likeness (QED) is 0.195. The van der Waals surface area contributed by atoms with Gasteiger partial charge in [-0.1, -0.05) is 127 Å². The Hall–Kier alpha value is -6.20. The number of rotatable bonds is 4. The number of fused-ring (bicyclic) bond motifs is 6. The van der Waals surface area contributed by atoms with Crippen molar-refractivity contribution in [1.82, 2.24) is 19.9 Å². The van der Waals surface area contributed by atoms with Gasteiger partial charge in [0.2, 0.25) is 0 Å². The van der Waals surface area contributed by atoms with Gasteiger partial charge in [-0.05, 0) is 23.6 Å². The summed E-state index contributed by atoms with van der Waals surface area (Å²) in [7, 11) is 0. The van der Waals surface area contributed by atoms with Crippen molar-refractivity contribution in [2.75, 3.05) is 0 Å². The van der Waals surface area contributed by atoms with Crippen molar-refractivity contribution in [3.8, 4) is 45.4 Å². The third kappa shape index (κ3) is 4.25. The second kappa shape index (κ2) is 10.2. The molecule has 0 aliphatic rings. The zero-order valence-corrected chi connectivity index (χ0v) is 24.1. The number of aromatic nitrogens is 4. The Balaban J connectivity index is 1.27. The van der Waals surface area contributed by atoms with E-state index in [1.54, 1.807) is 0 Å². The highest BCUT2D eigenvalue weighted by atomic mass is 16.3. The average Bonchev–Trinajstić information content (AvgIpc) is 3.51. The van der Waals surface area contributed by atoms with E-state index in [-0.39, 0.29) is 0 Å². The van der Waals surface area contributed by atoms with E-state index in [2.05, 4.69) is 72.8 Å². The standard InChI is InChI=1S/C40H24N4O/c1-3-12-27(13-4-1)38-42-39(28-14-5-2-6-15-28)44-40(43-38)32-19-10-20-34-35(32)31-18-9-17-30(37(31)45-34)33-24-23-26-22-21-25-11-7-8-16-29(25)36(26)41-33/h1-24H. The molecule has 5 heteroatoms. The topological polar surface area (TPSA) is 64.7 Å². The van der Waals surface area contributed by atoms with E-state index in [9.17, 15) is 0 Å². The van der Waals surface area contributed by atoms with Crippen LogP contribution in [0.15, 0.2) is 150 Å². The maximum absolute atomic E-state index is 6.62. The van der Waals surface area contributed by atoms with Gasteiger partial charge >= 0.3 is 0 Å². The molecule has 0 amide bonds. The second-order valence-electron chi connectivity index (χ2n) is 11.1. The molecule has 0 spiro atoms. The number of pyridine rings is 1. The van der Waals surface area contributed by atoms with Crippen molar-refractivity contribution in [2.24, 2.45) is 0 Å². The van der Waals surface area contributed by atoms with Gasteiger partial charge in [0.05, 0.1) is 11.2 Å². The lowest BCUT2D eigenvalue weighted by atomic mass is 10.0. The summed E-state index contributed by atoms with van der Waals surface area (Å²) in [5.74, 6) is 1.84. The van der Waals surface area contributed by atoms with Gasteiger partial charge in [-0.25, -0.2) is 19.9 Å². The van der Waals surface area contributed by atoms with Crippen LogP contribution in [0, 0.1) is 0 Å². The summed E-state index contributed by atoms with van der Waals surface area (Å²) in [4.78, 5) is 20.1. The Labute approximate surface area is 258 Å². The van der Waals surface area contributed by atoms with Crippen LogP contribution in [0.1, 0.15) is 0 Å². The van der Waals surface area contributed by atoms with Gasteiger partial charge in [-0.3, -0.25) is 0 Å². The van der Waals surface area contributed by atoms with Crippen molar-refractivity contribution < 1.29 is 4.42 Å². The Morgan fingerprint density at radius 1 is 0.400 bits per heavy atom. The summed E-state index contributed by atoms with van der Waals surface area (Å²) in [5, 5.41) is 5.36. The van der Waals surface area contributed by atoms with E-state index >= 15 is 0 Å². The molecule has 0 radical (unpaired) electrons. The minimum absolute atomic E-state index is 0.594. The summed E-state index contributed by atoms with van der Waals surface area (Å²) < 4.78 is 6.62. The van der Waals surface area contributed by atoms with Crippen molar-refractivity contribution in [3.63, 3.8) is 0 Å². The molecule has 9 rings (SSSR count). The Bertz CT molecular complexity index is 2480. The maximum atomic E-state index is 6.62. The van der Waals surface area contributed by atoms with E-state index in [1.807, 2.05) is 72.8 Å². The zero-order chi connectivity index (χ0) is 29.7. The van der Waals surface area contributed by atoms with Crippen molar-refractivity contribution in [2.45, 2.75) is 0 Å². The van der Waals surface area contributed by atoms with Crippen molar-refractivity contribution >= 4 is 43.6 Å². The molecular weight excluding hydrogens is 552 g/mol. The van der Waals surface area contributed by atoms with Crippen LogP contribution in [0.2, 0.25) is 0 Å². The fourth-order valence-corrected chi connectivity index (χ4v) is 6.17. The molecule has 0 aliphatic heterocycles. The minimum atomic E-state index is 0.594. The van der Waals surface area contributed by atoms with E-state index in [1.165, 1.54) is 5.39 Å². The second-order valence-corrected chi connectivity index (χ2v) is 11.1.